The second kappa shape index (κ2) is 10.5. The Morgan fingerprint density at radius 3 is 2.44 bits per heavy atom. The monoisotopic (exact) mass is 460 g/mol. The van der Waals surface area contributed by atoms with Crippen molar-refractivity contribution in [3.8, 4) is 17.1 Å². The molecule has 0 aliphatic carbocycles. The molecule has 7 nitrogen and oxygen atoms in total. The van der Waals surface area contributed by atoms with Gasteiger partial charge in [-0.1, -0.05) is 56.1 Å². The molecule has 0 saturated heterocycles. The van der Waals surface area contributed by atoms with Crippen LogP contribution in [0.25, 0.3) is 17.0 Å². The molecule has 3 aromatic rings. The highest BCUT2D eigenvalue weighted by molar-refractivity contribution is 5.86. The van der Waals surface area contributed by atoms with E-state index in [9.17, 15) is 4.79 Å². The van der Waals surface area contributed by atoms with E-state index in [2.05, 4.69) is 48.6 Å². The number of carbonyl (C=O) groups is 1. The molecule has 1 aromatic heterocycles. The van der Waals surface area contributed by atoms with E-state index in [1.54, 1.807) is 12.0 Å². The van der Waals surface area contributed by atoms with Gasteiger partial charge in [-0.15, -0.1) is 0 Å². The number of nitrogens with one attached hydrogen (secondary N) is 1. The van der Waals surface area contributed by atoms with Crippen LogP contribution < -0.4 is 10.1 Å². The Morgan fingerprint density at radius 2 is 1.79 bits per heavy atom. The zero-order chi connectivity index (χ0) is 24.1. The van der Waals surface area contributed by atoms with E-state index < -0.39 is 0 Å². The van der Waals surface area contributed by atoms with Gasteiger partial charge >= 0.3 is 6.03 Å². The lowest BCUT2D eigenvalue weighted by atomic mass is 9.93. The maximum Gasteiger partial charge on any atom is 0.322 e. The SMILES string of the molecule is CCCCCN1C(=O)NC(c2ccc(CC)cc2)C(c2nc(-c3ccc(OC)cc3)no2)=C1C. The van der Waals surface area contributed by atoms with Crippen LogP contribution >= 0.6 is 0 Å². The van der Waals surface area contributed by atoms with E-state index in [1.165, 1.54) is 5.56 Å². The molecule has 4 rings (SSSR count). The maximum atomic E-state index is 13.1. The Kier molecular flexibility index (Phi) is 7.30. The number of methoxy groups -OCH3 is 1. The van der Waals surface area contributed by atoms with Crippen molar-refractivity contribution in [1.82, 2.24) is 20.4 Å². The molecule has 0 fully saturated rings. The number of allylic oxidation sites excluding steroid dienone is 1. The van der Waals surface area contributed by atoms with Crippen molar-refractivity contribution in [3.63, 3.8) is 0 Å². The lowest BCUT2D eigenvalue weighted by Crippen LogP contribution is -2.46. The summed E-state index contributed by atoms with van der Waals surface area (Å²) < 4.78 is 11.0. The van der Waals surface area contributed by atoms with Gasteiger partial charge in [0.25, 0.3) is 5.89 Å². The van der Waals surface area contributed by atoms with Gasteiger partial charge in [0.2, 0.25) is 5.82 Å². The molecule has 2 amide bonds. The van der Waals surface area contributed by atoms with Gasteiger partial charge in [0, 0.05) is 17.8 Å². The van der Waals surface area contributed by atoms with E-state index in [-0.39, 0.29) is 12.1 Å². The minimum Gasteiger partial charge on any atom is -0.497 e. The first kappa shape index (κ1) is 23.5. The van der Waals surface area contributed by atoms with Crippen LogP contribution in [0.5, 0.6) is 5.75 Å². The molecule has 1 unspecified atom stereocenters. The second-order valence-electron chi connectivity index (χ2n) is 8.49. The summed E-state index contributed by atoms with van der Waals surface area (Å²) in [4.78, 5) is 19.6. The van der Waals surface area contributed by atoms with Crippen LogP contribution in [0.1, 0.15) is 63.1 Å². The molecule has 1 aliphatic rings. The number of nitrogens with zero attached hydrogens (tertiary/aromatic N) is 3. The predicted molar refractivity (Wildman–Crippen MR) is 132 cm³/mol. The standard InChI is InChI=1S/C27H32N4O3/c1-5-7-8-17-31-18(3)23(24(28-27(31)32)20-11-9-19(6-2)10-12-20)26-29-25(30-34-26)21-13-15-22(33-4)16-14-21/h9-16,24H,5-8,17H2,1-4H3,(H,28,32). The number of hydrogen-bond acceptors (Lipinski definition) is 5. The fraction of sp³-hybridized carbons (Fsp3) is 0.370. The number of rotatable bonds is 9. The topological polar surface area (TPSA) is 80.5 Å². The van der Waals surface area contributed by atoms with Crippen molar-refractivity contribution in [2.75, 3.05) is 13.7 Å². The molecule has 0 saturated carbocycles. The van der Waals surface area contributed by atoms with E-state index >= 15 is 0 Å². The molecular formula is C27H32N4O3. The average molecular weight is 461 g/mol. The van der Waals surface area contributed by atoms with Crippen molar-refractivity contribution in [2.45, 2.75) is 52.5 Å². The summed E-state index contributed by atoms with van der Waals surface area (Å²) in [7, 11) is 1.63. The molecule has 0 bridgehead atoms. The van der Waals surface area contributed by atoms with Gasteiger partial charge in [0.05, 0.1) is 18.7 Å². The summed E-state index contributed by atoms with van der Waals surface area (Å²) in [5.74, 6) is 1.67. The number of benzene rings is 2. The largest absolute Gasteiger partial charge is 0.497 e. The number of urea groups is 1. The first-order chi connectivity index (χ1) is 16.5. The Balaban J connectivity index is 1.74. The molecule has 1 N–H and O–H groups in total. The third kappa shape index (κ3) is 4.83. The first-order valence-electron chi connectivity index (χ1n) is 11.9. The summed E-state index contributed by atoms with van der Waals surface area (Å²) in [6, 6.07) is 15.4. The molecule has 7 heteroatoms. The number of carbonyl (C=O) groups excluding carboxylic acids is 1. The molecule has 2 heterocycles. The van der Waals surface area contributed by atoms with Gasteiger partial charge in [-0.3, -0.25) is 4.90 Å². The van der Waals surface area contributed by atoms with Crippen LogP contribution in [-0.4, -0.2) is 34.7 Å². The van der Waals surface area contributed by atoms with Gasteiger partial charge in [0.15, 0.2) is 0 Å². The summed E-state index contributed by atoms with van der Waals surface area (Å²) in [6.45, 7) is 6.89. The van der Waals surface area contributed by atoms with Gasteiger partial charge < -0.3 is 14.6 Å². The van der Waals surface area contributed by atoms with Gasteiger partial charge in [-0.05, 0) is 55.2 Å². The van der Waals surface area contributed by atoms with Crippen LogP contribution in [0, 0.1) is 0 Å². The van der Waals surface area contributed by atoms with Crippen LogP contribution in [-0.2, 0) is 6.42 Å². The van der Waals surface area contributed by atoms with Crippen molar-refractivity contribution in [2.24, 2.45) is 0 Å². The van der Waals surface area contributed by atoms with Crippen molar-refractivity contribution < 1.29 is 14.1 Å². The molecule has 0 radical (unpaired) electrons. The zero-order valence-corrected chi connectivity index (χ0v) is 20.3. The van der Waals surface area contributed by atoms with E-state index in [4.69, 9.17) is 14.2 Å². The highest BCUT2D eigenvalue weighted by Crippen LogP contribution is 2.37. The quantitative estimate of drug-likeness (QED) is 0.396. The van der Waals surface area contributed by atoms with Crippen LogP contribution in [0.4, 0.5) is 4.79 Å². The molecule has 178 valence electrons. The maximum absolute atomic E-state index is 13.1. The fourth-order valence-corrected chi connectivity index (χ4v) is 4.23. The molecule has 0 spiro atoms. The molecular weight excluding hydrogens is 428 g/mol. The fourth-order valence-electron chi connectivity index (χ4n) is 4.23. The number of hydrogen-bond donors (Lipinski definition) is 1. The van der Waals surface area contributed by atoms with Gasteiger partial charge in [-0.2, -0.15) is 4.98 Å². The summed E-state index contributed by atoms with van der Waals surface area (Å²) >= 11 is 0. The lowest BCUT2D eigenvalue weighted by molar-refractivity contribution is 0.204. The second-order valence-corrected chi connectivity index (χ2v) is 8.49. The predicted octanol–water partition coefficient (Wildman–Crippen LogP) is 6.00. The first-order valence-corrected chi connectivity index (χ1v) is 11.9. The van der Waals surface area contributed by atoms with Gasteiger partial charge in [0.1, 0.15) is 5.75 Å². The number of aryl methyl sites for hydroxylation is 1. The Bertz CT molecular complexity index is 1150. The number of aromatic nitrogens is 2. The van der Waals surface area contributed by atoms with E-state index in [0.717, 1.165) is 53.8 Å². The van der Waals surface area contributed by atoms with Crippen molar-refractivity contribution in [1.29, 1.82) is 0 Å². The Morgan fingerprint density at radius 1 is 1.06 bits per heavy atom. The molecule has 1 atom stereocenters. The minimum absolute atomic E-state index is 0.100. The Hall–Kier alpha value is -3.61. The Labute approximate surface area is 200 Å². The minimum atomic E-state index is -0.370. The lowest BCUT2D eigenvalue weighted by Gasteiger charge is -2.35. The zero-order valence-electron chi connectivity index (χ0n) is 20.3. The summed E-state index contributed by atoms with van der Waals surface area (Å²) in [6.07, 6.45) is 4.05. The highest BCUT2D eigenvalue weighted by Gasteiger charge is 2.35. The molecule has 34 heavy (non-hydrogen) atoms. The van der Waals surface area contributed by atoms with Crippen molar-refractivity contribution >= 4 is 11.6 Å². The molecule has 2 aromatic carbocycles. The number of amides is 2. The number of unbranched alkanes of at least 4 members (excludes halogenated alkanes) is 2. The smallest absolute Gasteiger partial charge is 0.322 e. The highest BCUT2D eigenvalue weighted by atomic mass is 16.5. The summed E-state index contributed by atoms with van der Waals surface area (Å²) in [5.41, 5.74) is 4.73. The molecule has 1 aliphatic heterocycles. The summed E-state index contributed by atoms with van der Waals surface area (Å²) in [5, 5.41) is 7.41. The van der Waals surface area contributed by atoms with Crippen LogP contribution in [0.3, 0.4) is 0 Å². The number of ether oxygens (including phenoxy) is 1. The van der Waals surface area contributed by atoms with Crippen LogP contribution in [0.15, 0.2) is 58.8 Å². The third-order valence-corrected chi connectivity index (χ3v) is 6.31. The van der Waals surface area contributed by atoms with E-state index in [0.29, 0.717) is 18.3 Å². The van der Waals surface area contributed by atoms with Gasteiger partial charge in [-0.25, -0.2) is 4.79 Å². The normalized spacial score (nSPS) is 16.1. The average Bonchev–Trinajstić information content (AvgIpc) is 3.35. The third-order valence-electron chi connectivity index (χ3n) is 6.31. The van der Waals surface area contributed by atoms with E-state index in [1.807, 2.05) is 31.2 Å². The van der Waals surface area contributed by atoms with Crippen LogP contribution in [0.2, 0.25) is 0 Å². The van der Waals surface area contributed by atoms with Crippen molar-refractivity contribution in [3.05, 3.63) is 71.2 Å².